The molecule has 7 heteroatoms. The lowest BCUT2D eigenvalue weighted by atomic mass is 10.2. The Kier molecular flexibility index (Phi) is 4.72. The molecule has 92 valence electrons. The number of aliphatic hydroxyl groups is 1. The molecule has 1 atom stereocenters. The highest BCUT2D eigenvalue weighted by molar-refractivity contribution is 7.91. The van der Waals surface area contributed by atoms with Crippen LogP contribution in [0.4, 0.5) is 5.69 Å². The number of nitrogen functional groups attached to an aromatic ring is 1. The second kappa shape index (κ2) is 5.62. The number of rotatable bonds is 6. The molecule has 0 aliphatic carbocycles. The maximum Gasteiger partial charge on any atom is 0.250 e. The Hall–Kier alpha value is -0.630. The second-order valence-corrected chi connectivity index (χ2v) is 6.44. The average Bonchev–Trinajstić information content (AvgIpc) is 2.62. The molecule has 1 heterocycles. The zero-order valence-corrected chi connectivity index (χ0v) is 10.6. The molecule has 0 radical (unpaired) electrons. The summed E-state index contributed by atoms with van der Waals surface area (Å²) in [4.78, 5) is 0. The molecule has 1 rings (SSSR count). The SMILES string of the molecule is CC(CCCO)NS(=O)(=O)c1cc(N)cs1. The number of sulfonamides is 1. The molecule has 0 saturated heterocycles. The summed E-state index contributed by atoms with van der Waals surface area (Å²) in [7, 11) is -3.46. The van der Waals surface area contributed by atoms with Crippen LogP contribution in [0.1, 0.15) is 19.8 Å². The van der Waals surface area contributed by atoms with E-state index in [2.05, 4.69) is 4.72 Å². The number of nitrogens with two attached hydrogens (primary N) is 1. The van der Waals surface area contributed by atoms with E-state index < -0.39 is 10.0 Å². The van der Waals surface area contributed by atoms with Gasteiger partial charge in [-0.15, -0.1) is 11.3 Å². The number of hydrogen-bond donors (Lipinski definition) is 3. The zero-order chi connectivity index (χ0) is 12.2. The van der Waals surface area contributed by atoms with Gasteiger partial charge in [-0.1, -0.05) is 0 Å². The van der Waals surface area contributed by atoms with Crippen LogP contribution in [0.3, 0.4) is 0 Å². The highest BCUT2D eigenvalue weighted by atomic mass is 32.2. The van der Waals surface area contributed by atoms with Crippen molar-refractivity contribution < 1.29 is 13.5 Å². The molecule has 0 bridgehead atoms. The normalized spacial score (nSPS) is 13.9. The first-order valence-corrected chi connectivity index (χ1v) is 7.29. The van der Waals surface area contributed by atoms with E-state index in [9.17, 15) is 8.42 Å². The first-order chi connectivity index (χ1) is 7.45. The zero-order valence-electron chi connectivity index (χ0n) is 9.01. The standard InChI is InChI=1S/C9H16N2O3S2/c1-7(3-2-4-12)11-16(13,14)9-5-8(10)6-15-9/h5-7,11-12H,2-4,10H2,1H3. The molecule has 5 nitrogen and oxygen atoms in total. The van der Waals surface area contributed by atoms with Crippen molar-refractivity contribution in [2.75, 3.05) is 12.3 Å². The Labute approximate surface area is 99.3 Å². The lowest BCUT2D eigenvalue weighted by molar-refractivity contribution is 0.279. The van der Waals surface area contributed by atoms with Crippen LogP contribution in [0.25, 0.3) is 0 Å². The van der Waals surface area contributed by atoms with Gasteiger partial charge < -0.3 is 10.8 Å². The molecular formula is C9H16N2O3S2. The number of aliphatic hydroxyl groups excluding tert-OH is 1. The largest absolute Gasteiger partial charge is 0.398 e. The monoisotopic (exact) mass is 264 g/mol. The predicted octanol–water partition coefficient (Wildman–Crippen LogP) is 0.770. The highest BCUT2D eigenvalue weighted by Gasteiger charge is 2.18. The van der Waals surface area contributed by atoms with Crippen LogP contribution in [0.5, 0.6) is 0 Å². The fourth-order valence-corrected chi connectivity index (χ4v) is 3.63. The van der Waals surface area contributed by atoms with E-state index in [1.807, 2.05) is 0 Å². The van der Waals surface area contributed by atoms with Crippen LogP contribution in [-0.4, -0.2) is 26.2 Å². The van der Waals surface area contributed by atoms with Gasteiger partial charge in [-0.2, -0.15) is 0 Å². The summed E-state index contributed by atoms with van der Waals surface area (Å²) in [5, 5.41) is 10.2. The van der Waals surface area contributed by atoms with Crippen molar-refractivity contribution in [1.29, 1.82) is 0 Å². The molecule has 0 aliphatic rings. The maximum atomic E-state index is 11.8. The topological polar surface area (TPSA) is 92.4 Å². The number of nitrogens with one attached hydrogen (secondary N) is 1. The molecule has 1 unspecified atom stereocenters. The minimum atomic E-state index is -3.46. The second-order valence-electron chi connectivity index (χ2n) is 3.59. The van der Waals surface area contributed by atoms with Crippen LogP contribution in [0.2, 0.25) is 0 Å². The summed E-state index contributed by atoms with van der Waals surface area (Å²) in [6.45, 7) is 1.84. The van der Waals surface area contributed by atoms with Gasteiger partial charge in [0.1, 0.15) is 4.21 Å². The Morgan fingerprint density at radius 3 is 2.81 bits per heavy atom. The molecule has 0 spiro atoms. The summed E-state index contributed by atoms with van der Waals surface area (Å²) in [6.07, 6.45) is 1.19. The maximum absolute atomic E-state index is 11.8. The fourth-order valence-electron chi connectivity index (χ4n) is 1.25. The summed E-state index contributed by atoms with van der Waals surface area (Å²) in [5.74, 6) is 0. The molecule has 0 aliphatic heterocycles. The first kappa shape index (κ1) is 13.4. The smallest absolute Gasteiger partial charge is 0.250 e. The Bertz CT molecular complexity index is 428. The molecule has 1 aromatic rings. The van der Waals surface area contributed by atoms with Gasteiger partial charge >= 0.3 is 0 Å². The minimum absolute atomic E-state index is 0.0675. The van der Waals surface area contributed by atoms with E-state index in [4.69, 9.17) is 10.8 Å². The van der Waals surface area contributed by atoms with E-state index >= 15 is 0 Å². The van der Waals surface area contributed by atoms with Crippen LogP contribution < -0.4 is 10.5 Å². The molecule has 0 fully saturated rings. The van der Waals surface area contributed by atoms with E-state index in [0.29, 0.717) is 18.5 Å². The first-order valence-electron chi connectivity index (χ1n) is 4.93. The third-order valence-electron chi connectivity index (χ3n) is 2.01. The van der Waals surface area contributed by atoms with Gasteiger partial charge in [-0.25, -0.2) is 13.1 Å². The van der Waals surface area contributed by atoms with E-state index in [-0.39, 0.29) is 16.9 Å². The van der Waals surface area contributed by atoms with Crippen molar-refractivity contribution in [1.82, 2.24) is 4.72 Å². The van der Waals surface area contributed by atoms with Gasteiger partial charge in [-0.3, -0.25) is 0 Å². The summed E-state index contributed by atoms with van der Waals surface area (Å²) < 4.78 is 26.4. The van der Waals surface area contributed by atoms with Crippen LogP contribution in [0.15, 0.2) is 15.7 Å². The van der Waals surface area contributed by atoms with Crippen molar-refractivity contribution in [3.05, 3.63) is 11.4 Å². The van der Waals surface area contributed by atoms with Crippen LogP contribution >= 0.6 is 11.3 Å². The molecule has 0 amide bonds. The molecule has 4 N–H and O–H groups in total. The van der Waals surface area contributed by atoms with Gasteiger partial charge in [-0.05, 0) is 25.8 Å². The summed E-state index contributed by atoms with van der Waals surface area (Å²) >= 11 is 1.10. The summed E-state index contributed by atoms with van der Waals surface area (Å²) in [5.41, 5.74) is 5.92. The van der Waals surface area contributed by atoms with Crippen molar-refractivity contribution >= 4 is 27.0 Å². The highest BCUT2D eigenvalue weighted by Crippen LogP contribution is 2.21. The average molecular weight is 264 g/mol. The number of thiophene rings is 1. The van der Waals surface area contributed by atoms with Gasteiger partial charge in [0.05, 0.1) is 0 Å². The molecular weight excluding hydrogens is 248 g/mol. The predicted molar refractivity (Wildman–Crippen MR) is 64.8 cm³/mol. The molecule has 1 aromatic heterocycles. The lowest BCUT2D eigenvalue weighted by Gasteiger charge is -2.12. The Balaban J connectivity index is 2.65. The van der Waals surface area contributed by atoms with Gasteiger partial charge in [0.15, 0.2) is 0 Å². The van der Waals surface area contributed by atoms with Crippen molar-refractivity contribution in [2.45, 2.75) is 30.0 Å². The quantitative estimate of drug-likeness (QED) is 0.707. The van der Waals surface area contributed by atoms with E-state index in [0.717, 1.165) is 11.3 Å². The van der Waals surface area contributed by atoms with Crippen molar-refractivity contribution in [3.8, 4) is 0 Å². The van der Waals surface area contributed by atoms with Gasteiger partial charge in [0, 0.05) is 23.7 Å². The molecule has 0 aromatic carbocycles. The number of anilines is 1. The molecule has 16 heavy (non-hydrogen) atoms. The lowest BCUT2D eigenvalue weighted by Crippen LogP contribution is -2.32. The Morgan fingerprint density at radius 2 is 2.31 bits per heavy atom. The molecule has 0 saturated carbocycles. The van der Waals surface area contributed by atoms with Gasteiger partial charge in [0.25, 0.3) is 0 Å². The Morgan fingerprint density at radius 1 is 1.62 bits per heavy atom. The summed E-state index contributed by atoms with van der Waals surface area (Å²) in [6, 6.07) is 1.24. The van der Waals surface area contributed by atoms with Crippen LogP contribution in [0, 0.1) is 0 Å². The fraction of sp³-hybridized carbons (Fsp3) is 0.556. The third kappa shape index (κ3) is 3.75. The van der Waals surface area contributed by atoms with Crippen molar-refractivity contribution in [3.63, 3.8) is 0 Å². The minimum Gasteiger partial charge on any atom is -0.398 e. The number of hydrogen-bond acceptors (Lipinski definition) is 5. The van der Waals surface area contributed by atoms with E-state index in [1.54, 1.807) is 12.3 Å². The van der Waals surface area contributed by atoms with Crippen molar-refractivity contribution in [2.24, 2.45) is 0 Å². The van der Waals surface area contributed by atoms with E-state index in [1.165, 1.54) is 6.07 Å². The van der Waals surface area contributed by atoms with Gasteiger partial charge in [0.2, 0.25) is 10.0 Å². The third-order valence-corrected chi connectivity index (χ3v) is 5.06. The van der Waals surface area contributed by atoms with Crippen LogP contribution in [-0.2, 0) is 10.0 Å².